The first-order valence-corrected chi connectivity index (χ1v) is 5.48. The molecule has 0 saturated heterocycles. The second-order valence-electron chi connectivity index (χ2n) is 3.69. The van der Waals surface area contributed by atoms with Gasteiger partial charge in [0.05, 0.1) is 0 Å². The van der Waals surface area contributed by atoms with E-state index in [9.17, 15) is 4.79 Å². The Morgan fingerprint density at radius 3 is 2.80 bits per heavy atom. The lowest BCUT2D eigenvalue weighted by molar-refractivity contribution is -0.105. The number of hydrogen-bond acceptors (Lipinski definition) is 1. The van der Waals surface area contributed by atoms with Gasteiger partial charge in [-0.05, 0) is 32.1 Å². The van der Waals surface area contributed by atoms with E-state index in [-0.39, 0.29) is 0 Å². The average molecular weight is 200 g/mol. The van der Waals surface area contributed by atoms with Crippen LogP contribution in [0.3, 0.4) is 0 Å². The topological polar surface area (TPSA) is 17.1 Å². The van der Waals surface area contributed by atoms with Crippen molar-refractivity contribution in [3.05, 3.63) is 11.1 Å². The van der Waals surface area contributed by atoms with E-state index >= 15 is 0 Å². The number of carbonyl (C=O) groups is 1. The highest BCUT2D eigenvalue weighted by Crippen LogP contribution is 2.23. The molecular formula is C14H16O. The molecular weight excluding hydrogens is 184 g/mol. The second kappa shape index (κ2) is 6.91. The van der Waals surface area contributed by atoms with E-state index in [1.54, 1.807) is 0 Å². The third kappa shape index (κ3) is 4.05. The van der Waals surface area contributed by atoms with Crippen molar-refractivity contribution >= 4 is 6.29 Å². The molecule has 0 amide bonds. The summed E-state index contributed by atoms with van der Waals surface area (Å²) in [6.45, 7) is 0. The zero-order chi connectivity index (χ0) is 10.9. The highest BCUT2D eigenvalue weighted by molar-refractivity contribution is 5.77. The van der Waals surface area contributed by atoms with Crippen molar-refractivity contribution < 1.29 is 4.79 Å². The summed E-state index contributed by atoms with van der Waals surface area (Å²) in [5, 5.41) is 0. The predicted octanol–water partition coefficient (Wildman–Crippen LogP) is 2.86. The van der Waals surface area contributed by atoms with Crippen molar-refractivity contribution in [2.45, 2.75) is 44.9 Å². The standard InChI is InChI=1S/C14H16O/c1-2-3-4-5-6-7-9-13-10-8-11-14(13)12-15/h1,12H,3-6,8,10-11H2. The van der Waals surface area contributed by atoms with Crippen LogP contribution in [0.1, 0.15) is 44.9 Å². The maximum Gasteiger partial charge on any atom is 0.146 e. The Kier molecular flexibility index (Phi) is 5.34. The molecule has 0 aromatic heterocycles. The van der Waals surface area contributed by atoms with Gasteiger partial charge < -0.3 is 0 Å². The molecule has 0 aromatic rings. The van der Waals surface area contributed by atoms with Crippen molar-refractivity contribution in [2.24, 2.45) is 0 Å². The number of aldehydes is 1. The summed E-state index contributed by atoms with van der Waals surface area (Å²) < 4.78 is 0. The summed E-state index contributed by atoms with van der Waals surface area (Å²) >= 11 is 0. The van der Waals surface area contributed by atoms with E-state index in [1.165, 1.54) is 0 Å². The van der Waals surface area contributed by atoms with Crippen LogP contribution in [0.25, 0.3) is 0 Å². The van der Waals surface area contributed by atoms with Crippen molar-refractivity contribution in [3.63, 3.8) is 0 Å². The summed E-state index contributed by atoms with van der Waals surface area (Å²) in [4.78, 5) is 10.6. The van der Waals surface area contributed by atoms with Crippen LogP contribution >= 0.6 is 0 Å². The van der Waals surface area contributed by atoms with Gasteiger partial charge in [0.25, 0.3) is 0 Å². The molecule has 0 atom stereocenters. The number of carbonyl (C=O) groups excluding carboxylic acids is 1. The molecule has 0 aromatic carbocycles. The molecule has 0 heterocycles. The molecule has 0 fully saturated rings. The first-order valence-electron chi connectivity index (χ1n) is 5.48. The van der Waals surface area contributed by atoms with Crippen LogP contribution in [-0.2, 0) is 4.79 Å². The molecule has 1 nitrogen and oxygen atoms in total. The molecule has 15 heavy (non-hydrogen) atoms. The first kappa shape index (κ1) is 11.6. The average Bonchev–Trinajstić information content (AvgIpc) is 2.70. The maximum atomic E-state index is 10.6. The van der Waals surface area contributed by atoms with Crippen LogP contribution in [-0.4, -0.2) is 6.29 Å². The molecule has 1 aliphatic carbocycles. The number of terminal acetylenes is 1. The van der Waals surface area contributed by atoms with E-state index in [1.807, 2.05) is 0 Å². The molecule has 0 saturated carbocycles. The highest BCUT2D eigenvalue weighted by atomic mass is 16.1. The fourth-order valence-electron chi connectivity index (χ4n) is 1.65. The van der Waals surface area contributed by atoms with Gasteiger partial charge in [0.15, 0.2) is 0 Å². The molecule has 0 N–H and O–H groups in total. The predicted molar refractivity (Wildman–Crippen MR) is 62.0 cm³/mol. The van der Waals surface area contributed by atoms with Crippen LogP contribution in [0.5, 0.6) is 0 Å². The summed E-state index contributed by atoms with van der Waals surface area (Å²) in [6, 6.07) is 0. The minimum absolute atomic E-state index is 0.837. The molecule has 1 heteroatoms. The summed E-state index contributed by atoms with van der Waals surface area (Å²) in [7, 11) is 0. The maximum absolute atomic E-state index is 10.6. The molecule has 0 radical (unpaired) electrons. The number of hydrogen-bond donors (Lipinski definition) is 0. The van der Waals surface area contributed by atoms with Gasteiger partial charge in [0.2, 0.25) is 0 Å². The molecule has 1 aliphatic rings. The first-order chi connectivity index (χ1) is 7.38. The summed E-state index contributed by atoms with van der Waals surface area (Å²) in [5.41, 5.74) is 1.97. The Hall–Kier alpha value is -1.47. The minimum atomic E-state index is 0.837. The van der Waals surface area contributed by atoms with Crippen LogP contribution in [0, 0.1) is 24.2 Å². The molecule has 0 unspecified atom stereocenters. The van der Waals surface area contributed by atoms with Crippen LogP contribution in [0.2, 0.25) is 0 Å². The minimum Gasteiger partial charge on any atom is -0.298 e. The lowest BCUT2D eigenvalue weighted by Crippen LogP contribution is -1.82. The Morgan fingerprint density at radius 1 is 1.27 bits per heavy atom. The van der Waals surface area contributed by atoms with Gasteiger partial charge in [-0.3, -0.25) is 4.79 Å². The molecule has 78 valence electrons. The van der Waals surface area contributed by atoms with Gasteiger partial charge in [-0.25, -0.2) is 0 Å². The Balaban J connectivity index is 2.32. The number of rotatable bonds is 4. The lowest BCUT2D eigenvalue weighted by atomic mass is 10.1. The van der Waals surface area contributed by atoms with Gasteiger partial charge in [-0.1, -0.05) is 11.8 Å². The monoisotopic (exact) mass is 200 g/mol. The van der Waals surface area contributed by atoms with Crippen LogP contribution in [0.4, 0.5) is 0 Å². The van der Waals surface area contributed by atoms with E-state index in [4.69, 9.17) is 6.42 Å². The Labute approximate surface area is 91.9 Å². The Bertz CT molecular complexity index is 344. The van der Waals surface area contributed by atoms with Gasteiger partial charge >= 0.3 is 0 Å². The summed E-state index contributed by atoms with van der Waals surface area (Å²) in [5.74, 6) is 8.83. The Morgan fingerprint density at radius 2 is 2.07 bits per heavy atom. The lowest BCUT2D eigenvalue weighted by Gasteiger charge is -1.91. The van der Waals surface area contributed by atoms with Crippen molar-refractivity contribution in [1.29, 1.82) is 0 Å². The zero-order valence-corrected chi connectivity index (χ0v) is 9.01. The van der Waals surface area contributed by atoms with Gasteiger partial charge in [-0.2, -0.15) is 0 Å². The molecule has 0 bridgehead atoms. The molecule has 0 aliphatic heterocycles. The normalized spacial score (nSPS) is 14.3. The third-order valence-corrected chi connectivity index (χ3v) is 2.51. The van der Waals surface area contributed by atoms with E-state index < -0.39 is 0 Å². The fourth-order valence-corrected chi connectivity index (χ4v) is 1.65. The molecule has 0 spiro atoms. The van der Waals surface area contributed by atoms with Crippen LogP contribution < -0.4 is 0 Å². The third-order valence-electron chi connectivity index (χ3n) is 2.51. The zero-order valence-electron chi connectivity index (χ0n) is 9.01. The largest absolute Gasteiger partial charge is 0.298 e. The van der Waals surface area contributed by atoms with E-state index in [0.29, 0.717) is 0 Å². The molecule has 1 rings (SSSR count). The quantitative estimate of drug-likeness (QED) is 0.387. The second-order valence-corrected chi connectivity index (χ2v) is 3.69. The fraction of sp³-hybridized carbons (Fsp3) is 0.500. The van der Waals surface area contributed by atoms with Crippen molar-refractivity contribution in [1.82, 2.24) is 0 Å². The summed E-state index contributed by atoms with van der Waals surface area (Å²) in [6.07, 6.45) is 12.9. The van der Waals surface area contributed by atoms with Crippen molar-refractivity contribution in [2.75, 3.05) is 0 Å². The van der Waals surface area contributed by atoms with Crippen molar-refractivity contribution in [3.8, 4) is 24.2 Å². The SMILES string of the molecule is C#CCCCCC#CC1=C(C=O)CCC1. The highest BCUT2D eigenvalue weighted by Gasteiger charge is 2.10. The van der Waals surface area contributed by atoms with Gasteiger partial charge in [0, 0.05) is 24.0 Å². The van der Waals surface area contributed by atoms with E-state index in [2.05, 4.69) is 17.8 Å². The number of unbranched alkanes of at least 4 members (excludes halogenated alkanes) is 3. The van der Waals surface area contributed by atoms with E-state index in [0.717, 1.165) is 62.4 Å². The van der Waals surface area contributed by atoms with Crippen LogP contribution in [0.15, 0.2) is 11.1 Å². The van der Waals surface area contributed by atoms with Gasteiger partial charge in [0.1, 0.15) is 6.29 Å². The smallest absolute Gasteiger partial charge is 0.146 e. The van der Waals surface area contributed by atoms with Gasteiger partial charge in [-0.15, -0.1) is 12.3 Å². The number of allylic oxidation sites excluding steroid dienone is 2.